The number of nitriles is 1. The number of halogens is 1. The molecule has 0 aliphatic rings. The predicted molar refractivity (Wildman–Crippen MR) is 139 cm³/mol. The van der Waals surface area contributed by atoms with Crippen LogP contribution in [0.5, 0.6) is 11.5 Å². The topological polar surface area (TPSA) is 103 Å². The summed E-state index contributed by atoms with van der Waals surface area (Å²) < 4.78 is 5.80. The van der Waals surface area contributed by atoms with Gasteiger partial charge in [-0.25, -0.2) is 4.79 Å². The van der Waals surface area contributed by atoms with E-state index >= 15 is 0 Å². The van der Waals surface area contributed by atoms with Crippen molar-refractivity contribution in [2.24, 2.45) is 0 Å². The van der Waals surface area contributed by atoms with E-state index in [-0.39, 0.29) is 29.1 Å². The molecule has 7 nitrogen and oxygen atoms in total. The van der Waals surface area contributed by atoms with Gasteiger partial charge in [-0.2, -0.15) is 5.26 Å². The Morgan fingerprint density at radius 1 is 0.833 bits per heavy atom. The number of carbonyl (C=O) groups excluding carboxylic acids is 2. The quantitative estimate of drug-likeness (QED) is 0.269. The van der Waals surface area contributed by atoms with Crippen LogP contribution in [-0.4, -0.2) is 11.9 Å². The van der Waals surface area contributed by atoms with Gasteiger partial charge in [-0.15, -0.1) is 0 Å². The Morgan fingerprint density at radius 3 is 2.36 bits per heavy atom. The number of para-hydroxylation sites is 1. The number of urea groups is 1. The zero-order chi connectivity index (χ0) is 25.3. The lowest BCUT2D eigenvalue weighted by Crippen LogP contribution is -2.23. The van der Waals surface area contributed by atoms with Crippen molar-refractivity contribution >= 4 is 34.9 Å². The molecule has 0 heterocycles. The Bertz CT molecular complexity index is 1430. The summed E-state index contributed by atoms with van der Waals surface area (Å²) in [6.07, 6.45) is 0. The van der Waals surface area contributed by atoms with Crippen molar-refractivity contribution in [2.75, 3.05) is 10.6 Å². The van der Waals surface area contributed by atoms with E-state index in [1.54, 1.807) is 72.8 Å². The second-order valence-corrected chi connectivity index (χ2v) is 8.09. The fraction of sp³-hybridized carbons (Fsp3) is 0.0357. The largest absolute Gasteiger partial charge is 0.456 e. The second-order valence-electron chi connectivity index (χ2n) is 7.68. The van der Waals surface area contributed by atoms with Gasteiger partial charge in [0.15, 0.2) is 0 Å². The number of carbonyl (C=O) groups is 2. The number of nitrogens with zero attached hydrogens (tertiary/aromatic N) is 1. The molecule has 0 radical (unpaired) electrons. The van der Waals surface area contributed by atoms with Crippen LogP contribution in [0.4, 0.5) is 16.2 Å². The van der Waals surface area contributed by atoms with E-state index < -0.39 is 0 Å². The third-order valence-corrected chi connectivity index (χ3v) is 5.40. The summed E-state index contributed by atoms with van der Waals surface area (Å²) in [6, 6.07) is 29.5. The highest BCUT2D eigenvalue weighted by molar-refractivity contribution is 6.31. The molecule has 3 N–H and O–H groups in total. The minimum absolute atomic E-state index is 0.222. The van der Waals surface area contributed by atoms with Gasteiger partial charge in [0.1, 0.15) is 23.1 Å². The van der Waals surface area contributed by atoms with Gasteiger partial charge in [0.05, 0.1) is 5.02 Å². The van der Waals surface area contributed by atoms with Gasteiger partial charge in [0.25, 0.3) is 5.91 Å². The van der Waals surface area contributed by atoms with Crippen LogP contribution in [0.15, 0.2) is 97.1 Å². The van der Waals surface area contributed by atoms with Gasteiger partial charge in [-0.3, -0.25) is 4.79 Å². The molecule has 0 fully saturated rings. The standard InChI is InChI=1S/C28H21ClN4O3/c29-25-13-6-14-26(24(25)17-30)36-23-12-5-8-20(16-23)27(34)31-18-19-7-4-11-22(15-19)33-28(35)32-21-9-2-1-3-10-21/h1-16H,18H2,(H,31,34)(H2,32,33,35). The number of benzene rings is 4. The fourth-order valence-electron chi connectivity index (χ4n) is 3.38. The molecule has 4 rings (SSSR count). The van der Waals surface area contributed by atoms with Gasteiger partial charge in [-0.1, -0.05) is 54.1 Å². The van der Waals surface area contributed by atoms with E-state index in [1.165, 1.54) is 0 Å². The first kappa shape index (κ1) is 24.3. The normalized spacial score (nSPS) is 10.1. The van der Waals surface area contributed by atoms with Gasteiger partial charge in [0, 0.05) is 23.5 Å². The molecule has 178 valence electrons. The molecule has 0 saturated carbocycles. The van der Waals surface area contributed by atoms with Crippen LogP contribution < -0.4 is 20.7 Å². The monoisotopic (exact) mass is 496 g/mol. The van der Waals surface area contributed by atoms with E-state index in [1.807, 2.05) is 30.3 Å². The molecule has 0 aromatic heterocycles. The van der Waals surface area contributed by atoms with E-state index in [0.29, 0.717) is 28.4 Å². The fourth-order valence-corrected chi connectivity index (χ4v) is 3.59. The molecule has 0 aliphatic heterocycles. The third kappa shape index (κ3) is 6.41. The molecule has 0 aliphatic carbocycles. The Kier molecular flexibility index (Phi) is 7.81. The molecule has 36 heavy (non-hydrogen) atoms. The molecule has 0 spiro atoms. The number of rotatable bonds is 7. The lowest BCUT2D eigenvalue weighted by atomic mass is 10.1. The average molecular weight is 497 g/mol. The van der Waals surface area contributed by atoms with Crippen LogP contribution in [0, 0.1) is 11.3 Å². The summed E-state index contributed by atoms with van der Waals surface area (Å²) in [5, 5.41) is 18.0. The summed E-state index contributed by atoms with van der Waals surface area (Å²) in [5.41, 5.74) is 2.71. The van der Waals surface area contributed by atoms with Crippen LogP contribution in [-0.2, 0) is 6.54 Å². The predicted octanol–water partition coefficient (Wildman–Crippen LogP) is 6.58. The summed E-state index contributed by atoms with van der Waals surface area (Å²) in [7, 11) is 0. The van der Waals surface area contributed by atoms with Crippen molar-refractivity contribution in [1.82, 2.24) is 5.32 Å². The zero-order valence-electron chi connectivity index (χ0n) is 19.0. The summed E-state index contributed by atoms with van der Waals surface area (Å²) >= 11 is 6.06. The molecular formula is C28H21ClN4O3. The maximum absolute atomic E-state index is 12.7. The minimum atomic E-state index is -0.363. The highest BCUT2D eigenvalue weighted by atomic mass is 35.5. The zero-order valence-corrected chi connectivity index (χ0v) is 19.8. The van der Waals surface area contributed by atoms with Crippen molar-refractivity contribution in [3.8, 4) is 17.6 Å². The summed E-state index contributed by atoms with van der Waals surface area (Å²) in [5.74, 6) is 0.410. The number of anilines is 2. The first-order chi connectivity index (χ1) is 17.5. The van der Waals surface area contributed by atoms with Crippen LogP contribution in [0.1, 0.15) is 21.5 Å². The van der Waals surface area contributed by atoms with Crippen molar-refractivity contribution in [3.05, 3.63) is 119 Å². The number of hydrogen-bond donors (Lipinski definition) is 3. The molecule has 4 aromatic carbocycles. The maximum Gasteiger partial charge on any atom is 0.323 e. The van der Waals surface area contributed by atoms with Crippen LogP contribution >= 0.6 is 11.6 Å². The van der Waals surface area contributed by atoms with Crippen molar-refractivity contribution in [1.29, 1.82) is 5.26 Å². The average Bonchev–Trinajstić information content (AvgIpc) is 2.88. The molecule has 8 heteroatoms. The van der Waals surface area contributed by atoms with Gasteiger partial charge in [-0.05, 0) is 60.2 Å². The Balaban J connectivity index is 1.36. The summed E-state index contributed by atoms with van der Waals surface area (Å²) in [4.78, 5) is 25.0. The van der Waals surface area contributed by atoms with Crippen LogP contribution in [0.2, 0.25) is 5.02 Å². The first-order valence-corrected chi connectivity index (χ1v) is 11.4. The van der Waals surface area contributed by atoms with Gasteiger partial charge < -0.3 is 20.7 Å². The van der Waals surface area contributed by atoms with E-state index in [0.717, 1.165) is 5.56 Å². The molecule has 0 saturated heterocycles. The number of amides is 3. The van der Waals surface area contributed by atoms with Crippen molar-refractivity contribution in [2.45, 2.75) is 6.54 Å². The highest BCUT2D eigenvalue weighted by Crippen LogP contribution is 2.30. The Labute approximate surface area is 213 Å². The molecule has 4 aromatic rings. The van der Waals surface area contributed by atoms with E-state index in [4.69, 9.17) is 16.3 Å². The lowest BCUT2D eigenvalue weighted by molar-refractivity contribution is 0.0950. The number of hydrogen-bond acceptors (Lipinski definition) is 4. The SMILES string of the molecule is N#Cc1c(Cl)cccc1Oc1cccc(C(=O)NCc2cccc(NC(=O)Nc3ccccc3)c2)c1. The van der Waals surface area contributed by atoms with E-state index in [9.17, 15) is 14.9 Å². The van der Waals surface area contributed by atoms with Crippen molar-refractivity contribution < 1.29 is 14.3 Å². The third-order valence-electron chi connectivity index (χ3n) is 5.08. The second kappa shape index (κ2) is 11.6. The molecule has 0 bridgehead atoms. The number of ether oxygens (including phenoxy) is 1. The Hall–Kier alpha value is -4.80. The maximum atomic E-state index is 12.7. The van der Waals surface area contributed by atoms with Gasteiger partial charge >= 0.3 is 6.03 Å². The van der Waals surface area contributed by atoms with Crippen LogP contribution in [0.25, 0.3) is 0 Å². The first-order valence-electron chi connectivity index (χ1n) is 11.0. The Morgan fingerprint density at radius 2 is 1.56 bits per heavy atom. The number of nitrogens with one attached hydrogen (secondary N) is 3. The smallest absolute Gasteiger partial charge is 0.323 e. The lowest BCUT2D eigenvalue weighted by Gasteiger charge is -2.11. The minimum Gasteiger partial charge on any atom is -0.456 e. The van der Waals surface area contributed by atoms with Gasteiger partial charge in [0.2, 0.25) is 0 Å². The van der Waals surface area contributed by atoms with Crippen LogP contribution in [0.3, 0.4) is 0 Å². The molecular weight excluding hydrogens is 476 g/mol. The summed E-state index contributed by atoms with van der Waals surface area (Å²) in [6.45, 7) is 0.257. The molecule has 0 atom stereocenters. The molecule has 3 amide bonds. The van der Waals surface area contributed by atoms with Crippen molar-refractivity contribution in [3.63, 3.8) is 0 Å². The molecule has 0 unspecified atom stereocenters. The highest BCUT2D eigenvalue weighted by Gasteiger charge is 2.11. The van der Waals surface area contributed by atoms with E-state index in [2.05, 4.69) is 16.0 Å².